The fourth-order valence-electron chi connectivity index (χ4n) is 4.19. The van der Waals surface area contributed by atoms with Crippen molar-refractivity contribution in [2.24, 2.45) is 5.92 Å². The summed E-state index contributed by atoms with van der Waals surface area (Å²) >= 11 is 0. The summed E-state index contributed by atoms with van der Waals surface area (Å²) in [6, 6.07) is 22.3. The second kappa shape index (κ2) is 13.3. The zero-order valence-corrected chi connectivity index (χ0v) is 20.8. The Labute approximate surface area is 208 Å². The van der Waals surface area contributed by atoms with Gasteiger partial charge >= 0.3 is 5.97 Å². The van der Waals surface area contributed by atoms with Crippen molar-refractivity contribution in [1.82, 2.24) is 0 Å². The van der Waals surface area contributed by atoms with Gasteiger partial charge in [0.05, 0.1) is 13.7 Å². The van der Waals surface area contributed by atoms with E-state index in [0.29, 0.717) is 29.4 Å². The smallest absolute Gasteiger partial charge is 0.330 e. The van der Waals surface area contributed by atoms with E-state index in [1.54, 1.807) is 13.2 Å². The van der Waals surface area contributed by atoms with Crippen molar-refractivity contribution in [3.05, 3.63) is 95.6 Å². The first kappa shape index (κ1) is 26.0. The molecule has 0 fully saturated rings. The van der Waals surface area contributed by atoms with Crippen LogP contribution in [0.15, 0.2) is 78.9 Å². The zero-order valence-electron chi connectivity index (χ0n) is 20.8. The quantitative estimate of drug-likeness (QED) is 0.158. The van der Waals surface area contributed by atoms with Crippen molar-refractivity contribution in [3.8, 4) is 16.9 Å². The Balaban J connectivity index is 1.86. The summed E-state index contributed by atoms with van der Waals surface area (Å²) in [5, 5.41) is 0. The maximum atomic E-state index is 13.3. The first-order chi connectivity index (χ1) is 17.1. The van der Waals surface area contributed by atoms with Gasteiger partial charge in [0.2, 0.25) is 0 Å². The van der Waals surface area contributed by atoms with E-state index in [1.807, 2.05) is 72.8 Å². The lowest BCUT2D eigenvalue weighted by molar-refractivity contribution is -0.138. The highest BCUT2D eigenvalue weighted by molar-refractivity contribution is 6.13. The molecule has 1 atom stereocenters. The normalized spacial score (nSPS) is 11.9. The van der Waals surface area contributed by atoms with Crippen molar-refractivity contribution in [2.75, 3.05) is 13.7 Å². The lowest BCUT2D eigenvalue weighted by Gasteiger charge is -2.14. The largest absolute Gasteiger partial charge is 0.497 e. The fourth-order valence-corrected chi connectivity index (χ4v) is 4.19. The van der Waals surface area contributed by atoms with Gasteiger partial charge in [-0.1, -0.05) is 93.8 Å². The van der Waals surface area contributed by atoms with Crippen LogP contribution in [0.3, 0.4) is 0 Å². The number of carbonyl (C=O) groups is 2. The first-order valence-electron chi connectivity index (χ1n) is 12.3. The highest BCUT2D eigenvalue weighted by atomic mass is 16.5. The van der Waals surface area contributed by atoms with E-state index in [9.17, 15) is 9.59 Å². The average molecular weight is 471 g/mol. The summed E-state index contributed by atoms with van der Waals surface area (Å²) in [5.74, 6) is 0.828. The molecular weight excluding hydrogens is 436 g/mol. The predicted octanol–water partition coefficient (Wildman–Crippen LogP) is 7.37. The Morgan fingerprint density at radius 1 is 0.886 bits per heavy atom. The Hall–Kier alpha value is -3.66. The van der Waals surface area contributed by atoms with Gasteiger partial charge < -0.3 is 9.47 Å². The van der Waals surface area contributed by atoms with Gasteiger partial charge in [0, 0.05) is 17.2 Å². The van der Waals surface area contributed by atoms with Crippen LogP contribution < -0.4 is 4.74 Å². The number of hydrogen-bond donors (Lipinski definition) is 0. The summed E-state index contributed by atoms with van der Waals surface area (Å²) in [6.45, 7) is 4.77. The molecule has 182 valence electrons. The average Bonchev–Trinajstić information content (AvgIpc) is 2.91. The molecule has 3 aromatic carbocycles. The van der Waals surface area contributed by atoms with Crippen LogP contribution in [0.2, 0.25) is 0 Å². The number of ketones is 1. The van der Waals surface area contributed by atoms with Gasteiger partial charge in [-0.25, -0.2) is 4.79 Å². The molecular formula is C31H34O4. The Kier molecular flexibility index (Phi) is 9.85. The van der Waals surface area contributed by atoms with E-state index in [4.69, 9.17) is 9.47 Å². The van der Waals surface area contributed by atoms with Crippen LogP contribution in [-0.2, 0) is 9.53 Å². The zero-order chi connectivity index (χ0) is 25.0. The molecule has 0 bridgehead atoms. The number of carbonyl (C=O) groups excluding carboxylic acids is 2. The second-order valence-corrected chi connectivity index (χ2v) is 8.55. The minimum atomic E-state index is -0.369. The predicted molar refractivity (Wildman–Crippen MR) is 142 cm³/mol. The summed E-state index contributed by atoms with van der Waals surface area (Å²) in [6.07, 6.45) is 7.46. The van der Waals surface area contributed by atoms with Gasteiger partial charge in [0.25, 0.3) is 0 Å². The topological polar surface area (TPSA) is 52.6 Å². The summed E-state index contributed by atoms with van der Waals surface area (Å²) < 4.78 is 10.9. The molecule has 0 spiro atoms. The van der Waals surface area contributed by atoms with Crippen LogP contribution in [0.5, 0.6) is 5.75 Å². The van der Waals surface area contributed by atoms with Gasteiger partial charge in [-0.15, -0.1) is 0 Å². The minimum Gasteiger partial charge on any atom is -0.497 e. The number of methoxy groups -OCH3 is 1. The minimum absolute atomic E-state index is 0.0593. The van der Waals surface area contributed by atoms with Crippen LogP contribution in [0, 0.1) is 5.92 Å². The van der Waals surface area contributed by atoms with Gasteiger partial charge in [0.15, 0.2) is 5.78 Å². The summed E-state index contributed by atoms with van der Waals surface area (Å²) in [5.41, 5.74) is 3.59. The summed E-state index contributed by atoms with van der Waals surface area (Å²) in [4.78, 5) is 25.7. The Bertz CT molecular complexity index is 1150. The van der Waals surface area contributed by atoms with Crippen LogP contribution in [0.4, 0.5) is 0 Å². The van der Waals surface area contributed by atoms with Gasteiger partial charge in [-0.2, -0.15) is 0 Å². The van der Waals surface area contributed by atoms with Crippen molar-refractivity contribution >= 4 is 17.8 Å². The molecule has 3 aromatic rings. The van der Waals surface area contributed by atoms with Gasteiger partial charge in [-0.05, 0) is 47.2 Å². The van der Waals surface area contributed by atoms with E-state index in [1.165, 1.54) is 6.08 Å². The van der Waals surface area contributed by atoms with E-state index in [-0.39, 0.29) is 11.8 Å². The van der Waals surface area contributed by atoms with Crippen molar-refractivity contribution in [1.29, 1.82) is 0 Å². The molecule has 0 radical (unpaired) electrons. The number of ether oxygens (including phenoxy) is 2. The number of hydrogen-bond acceptors (Lipinski definition) is 4. The number of benzene rings is 3. The molecule has 4 nitrogen and oxygen atoms in total. The maximum Gasteiger partial charge on any atom is 0.330 e. The van der Waals surface area contributed by atoms with E-state index in [2.05, 4.69) is 13.8 Å². The van der Waals surface area contributed by atoms with Gasteiger partial charge in [0.1, 0.15) is 5.75 Å². The standard InChI is InChI=1S/C31H34O4/c1-4-11-23(5-2)20-21-35-30(32)19-17-24-16-18-26(34-3)22-29(24)27-14-9-10-15-28(27)31(33)25-12-7-6-8-13-25/h6-10,12-19,22-23H,4-5,11,20-21H2,1-3H3/b19-17+. The first-order valence-corrected chi connectivity index (χ1v) is 12.3. The molecule has 0 saturated carbocycles. The molecule has 35 heavy (non-hydrogen) atoms. The third kappa shape index (κ3) is 7.16. The molecule has 0 aliphatic heterocycles. The van der Waals surface area contributed by atoms with Crippen LogP contribution in [0.1, 0.15) is 61.0 Å². The molecule has 0 aromatic heterocycles. The Morgan fingerprint density at radius 2 is 1.63 bits per heavy atom. The second-order valence-electron chi connectivity index (χ2n) is 8.55. The fraction of sp³-hybridized carbons (Fsp3) is 0.290. The molecule has 4 heteroatoms. The van der Waals surface area contributed by atoms with Crippen LogP contribution in [-0.4, -0.2) is 25.5 Å². The Morgan fingerprint density at radius 3 is 2.34 bits per heavy atom. The number of rotatable bonds is 12. The monoisotopic (exact) mass is 470 g/mol. The van der Waals surface area contributed by atoms with E-state index >= 15 is 0 Å². The lowest BCUT2D eigenvalue weighted by Crippen LogP contribution is -2.08. The molecule has 0 saturated heterocycles. The maximum absolute atomic E-state index is 13.3. The van der Waals surface area contributed by atoms with Gasteiger partial charge in [-0.3, -0.25) is 4.79 Å². The van der Waals surface area contributed by atoms with Crippen LogP contribution >= 0.6 is 0 Å². The molecule has 3 rings (SSSR count). The molecule has 0 aliphatic rings. The molecule has 0 amide bonds. The lowest BCUT2D eigenvalue weighted by atomic mass is 9.91. The highest BCUT2D eigenvalue weighted by Gasteiger charge is 2.17. The van der Waals surface area contributed by atoms with Crippen molar-refractivity contribution in [3.63, 3.8) is 0 Å². The van der Waals surface area contributed by atoms with E-state index < -0.39 is 0 Å². The third-order valence-electron chi connectivity index (χ3n) is 6.20. The third-order valence-corrected chi connectivity index (χ3v) is 6.20. The SMILES string of the molecule is CCCC(CC)CCOC(=O)/C=C/c1ccc(OC)cc1-c1ccccc1C(=O)c1ccccc1. The van der Waals surface area contributed by atoms with Crippen molar-refractivity contribution < 1.29 is 19.1 Å². The van der Waals surface area contributed by atoms with Crippen molar-refractivity contribution in [2.45, 2.75) is 39.5 Å². The molecule has 0 heterocycles. The molecule has 0 aliphatic carbocycles. The highest BCUT2D eigenvalue weighted by Crippen LogP contribution is 2.32. The van der Waals surface area contributed by atoms with Crippen LogP contribution in [0.25, 0.3) is 17.2 Å². The molecule has 0 N–H and O–H groups in total. The van der Waals surface area contributed by atoms with E-state index in [0.717, 1.165) is 42.4 Å². The molecule has 1 unspecified atom stereocenters. The number of esters is 1. The summed E-state index contributed by atoms with van der Waals surface area (Å²) in [7, 11) is 1.61.